The summed E-state index contributed by atoms with van der Waals surface area (Å²) in [6.45, 7) is 0. The first-order valence-electron chi connectivity index (χ1n) is 6.66. The molecule has 114 valence electrons. The van der Waals surface area contributed by atoms with E-state index >= 15 is 0 Å². The molecule has 0 unspecified atom stereocenters. The van der Waals surface area contributed by atoms with E-state index in [1.165, 1.54) is 12.1 Å². The summed E-state index contributed by atoms with van der Waals surface area (Å²) in [5, 5.41) is 12.1. The molecule has 2 N–H and O–H groups in total. The summed E-state index contributed by atoms with van der Waals surface area (Å²) in [6, 6.07) is 2.49. The third kappa shape index (κ3) is 3.60. The van der Waals surface area contributed by atoms with E-state index in [1.54, 1.807) is 11.9 Å². The molecule has 2 amide bonds. The van der Waals surface area contributed by atoms with Gasteiger partial charge in [-0.15, -0.1) is 0 Å². The maximum Gasteiger partial charge on any atom is 0.337 e. The van der Waals surface area contributed by atoms with E-state index in [0.29, 0.717) is 0 Å². The number of nitrogens with zero attached hydrogens (tertiary/aromatic N) is 1. The van der Waals surface area contributed by atoms with Crippen LogP contribution in [0.2, 0.25) is 10.0 Å². The molecule has 0 aliphatic heterocycles. The van der Waals surface area contributed by atoms with Gasteiger partial charge in [-0.3, -0.25) is 0 Å². The maximum atomic E-state index is 12.2. The third-order valence-electron chi connectivity index (χ3n) is 3.71. The van der Waals surface area contributed by atoms with Gasteiger partial charge in [0, 0.05) is 18.1 Å². The molecule has 1 saturated carbocycles. The first-order chi connectivity index (χ1) is 9.90. The Morgan fingerprint density at radius 2 is 1.90 bits per heavy atom. The van der Waals surface area contributed by atoms with E-state index in [4.69, 9.17) is 23.2 Å². The summed E-state index contributed by atoms with van der Waals surface area (Å²) >= 11 is 11.8. The summed E-state index contributed by atoms with van der Waals surface area (Å²) < 4.78 is 0. The van der Waals surface area contributed by atoms with Crippen LogP contribution >= 0.6 is 23.2 Å². The second-order valence-corrected chi connectivity index (χ2v) is 5.94. The van der Waals surface area contributed by atoms with Crippen LogP contribution < -0.4 is 5.32 Å². The van der Waals surface area contributed by atoms with Gasteiger partial charge in [0.15, 0.2) is 0 Å². The van der Waals surface area contributed by atoms with Gasteiger partial charge >= 0.3 is 12.0 Å². The van der Waals surface area contributed by atoms with Crippen LogP contribution in [0, 0.1) is 0 Å². The van der Waals surface area contributed by atoms with E-state index in [9.17, 15) is 14.7 Å². The predicted molar refractivity (Wildman–Crippen MR) is 82.5 cm³/mol. The van der Waals surface area contributed by atoms with Crippen molar-refractivity contribution in [1.29, 1.82) is 0 Å². The molecule has 1 aliphatic rings. The van der Waals surface area contributed by atoms with E-state index in [-0.39, 0.29) is 33.4 Å². The van der Waals surface area contributed by atoms with Crippen molar-refractivity contribution >= 4 is 40.9 Å². The first-order valence-corrected chi connectivity index (χ1v) is 7.42. The molecule has 1 aliphatic carbocycles. The molecule has 21 heavy (non-hydrogen) atoms. The number of hydrogen-bond acceptors (Lipinski definition) is 2. The second kappa shape index (κ2) is 6.54. The number of carbonyl (C=O) groups excluding carboxylic acids is 1. The number of halogens is 2. The van der Waals surface area contributed by atoms with Crippen molar-refractivity contribution in [2.75, 3.05) is 12.4 Å². The average molecular weight is 331 g/mol. The molecular weight excluding hydrogens is 315 g/mol. The topological polar surface area (TPSA) is 69.6 Å². The Balaban J connectivity index is 2.22. The fourth-order valence-electron chi connectivity index (χ4n) is 2.52. The number of hydrogen-bond donors (Lipinski definition) is 2. The van der Waals surface area contributed by atoms with Crippen molar-refractivity contribution in [3.63, 3.8) is 0 Å². The molecule has 0 heterocycles. The van der Waals surface area contributed by atoms with Gasteiger partial charge in [0.25, 0.3) is 0 Å². The molecule has 7 heteroatoms. The number of carbonyl (C=O) groups is 2. The Morgan fingerprint density at radius 3 is 2.48 bits per heavy atom. The summed E-state index contributed by atoms with van der Waals surface area (Å²) in [5.74, 6) is -1.20. The van der Waals surface area contributed by atoms with Crippen molar-refractivity contribution in [1.82, 2.24) is 4.90 Å². The van der Waals surface area contributed by atoms with Gasteiger partial charge in [-0.1, -0.05) is 36.0 Å². The molecule has 1 fully saturated rings. The Kier molecular flexibility index (Phi) is 4.96. The van der Waals surface area contributed by atoms with Crippen LogP contribution in [0.25, 0.3) is 0 Å². The summed E-state index contributed by atoms with van der Waals surface area (Å²) in [4.78, 5) is 25.1. The molecular formula is C14H16Cl2N2O3. The van der Waals surface area contributed by atoms with Gasteiger partial charge in [-0.05, 0) is 25.0 Å². The van der Waals surface area contributed by atoms with Gasteiger partial charge in [-0.2, -0.15) is 0 Å². The van der Waals surface area contributed by atoms with Gasteiger partial charge in [0.05, 0.1) is 16.3 Å². The van der Waals surface area contributed by atoms with Crippen LogP contribution in [0.5, 0.6) is 0 Å². The second-order valence-electron chi connectivity index (χ2n) is 5.09. The zero-order chi connectivity index (χ0) is 15.6. The monoisotopic (exact) mass is 330 g/mol. The number of carboxylic acids is 1. The fourth-order valence-corrected chi connectivity index (χ4v) is 3.06. The number of anilines is 1. The summed E-state index contributed by atoms with van der Waals surface area (Å²) in [5.41, 5.74) is -0.0518. The van der Waals surface area contributed by atoms with Gasteiger partial charge in [0.2, 0.25) is 0 Å². The van der Waals surface area contributed by atoms with E-state index in [2.05, 4.69) is 5.32 Å². The highest BCUT2D eigenvalue weighted by Gasteiger charge is 2.25. The number of amides is 2. The van der Waals surface area contributed by atoms with E-state index in [0.717, 1.165) is 25.7 Å². The van der Waals surface area contributed by atoms with Crippen LogP contribution in [0.1, 0.15) is 36.0 Å². The van der Waals surface area contributed by atoms with Crippen molar-refractivity contribution < 1.29 is 14.7 Å². The minimum absolute atomic E-state index is 0.0726. The highest BCUT2D eigenvalue weighted by molar-refractivity contribution is 6.37. The number of aromatic carboxylic acids is 1. The van der Waals surface area contributed by atoms with Crippen LogP contribution in [0.4, 0.5) is 10.5 Å². The molecule has 0 bridgehead atoms. The van der Waals surface area contributed by atoms with Crippen molar-refractivity contribution in [2.24, 2.45) is 0 Å². The molecule has 5 nitrogen and oxygen atoms in total. The Morgan fingerprint density at radius 1 is 1.29 bits per heavy atom. The molecule has 1 aromatic carbocycles. The van der Waals surface area contributed by atoms with Gasteiger partial charge in [0.1, 0.15) is 0 Å². The van der Waals surface area contributed by atoms with Crippen LogP contribution in [0.3, 0.4) is 0 Å². The average Bonchev–Trinajstić information content (AvgIpc) is 2.94. The van der Waals surface area contributed by atoms with Crippen molar-refractivity contribution in [2.45, 2.75) is 31.7 Å². The lowest BCUT2D eigenvalue weighted by Gasteiger charge is -2.25. The number of nitrogens with one attached hydrogen (secondary N) is 1. The minimum Gasteiger partial charge on any atom is -0.478 e. The Bertz CT molecular complexity index is 572. The highest BCUT2D eigenvalue weighted by Crippen LogP contribution is 2.31. The zero-order valence-electron chi connectivity index (χ0n) is 11.5. The van der Waals surface area contributed by atoms with E-state index < -0.39 is 5.97 Å². The van der Waals surface area contributed by atoms with E-state index in [1.807, 2.05) is 0 Å². The number of carboxylic acid groups (broad SMARTS) is 1. The van der Waals surface area contributed by atoms with Crippen LogP contribution in [-0.2, 0) is 0 Å². The first kappa shape index (κ1) is 15.9. The quantitative estimate of drug-likeness (QED) is 0.876. The zero-order valence-corrected chi connectivity index (χ0v) is 13.0. The highest BCUT2D eigenvalue weighted by atomic mass is 35.5. The molecule has 0 aromatic heterocycles. The number of urea groups is 1. The van der Waals surface area contributed by atoms with Crippen LogP contribution in [0.15, 0.2) is 12.1 Å². The smallest absolute Gasteiger partial charge is 0.337 e. The summed E-state index contributed by atoms with van der Waals surface area (Å²) in [6.07, 6.45) is 4.13. The van der Waals surface area contributed by atoms with Crippen LogP contribution in [-0.4, -0.2) is 35.1 Å². The Hall–Kier alpha value is -1.46. The number of benzene rings is 1. The lowest BCUT2D eigenvalue weighted by molar-refractivity contribution is 0.0698. The molecule has 2 rings (SSSR count). The standard InChI is InChI=1S/C14H16Cl2N2O3/c1-18(9-4-2-3-5-9)14(21)17-12-10(13(19)20)6-8(15)7-11(12)16/h6-7,9H,2-5H2,1H3,(H,17,21)(H,19,20). The van der Waals surface area contributed by atoms with Gasteiger partial charge < -0.3 is 15.3 Å². The largest absolute Gasteiger partial charge is 0.478 e. The lowest BCUT2D eigenvalue weighted by atomic mass is 10.1. The van der Waals surface area contributed by atoms with Gasteiger partial charge in [-0.25, -0.2) is 9.59 Å². The summed E-state index contributed by atoms with van der Waals surface area (Å²) in [7, 11) is 1.70. The SMILES string of the molecule is CN(C(=O)Nc1c(Cl)cc(Cl)cc1C(=O)O)C1CCCC1. The molecule has 0 atom stereocenters. The Labute approximate surface area is 132 Å². The predicted octanol–water partition coefficient (Wildman–Crippen LogP) is 4.10. The third-order valence-corrected chi connectivity index (χ3v) is 4.23. The van der Waals surface area contributed by atoms with Crippen molar-refractivity contribution in [3.8, 4) is 0 Å². The fraction of sp³-hybridized carbons (Fsp3) is 0.429. The number of rotatable bonds is 3. The molecule has 0 spiro atoms. The maximum absolute atomic E-state index is 12.2. The normalized spacial score (nSPS) is 15.0. The minimum atomic E-state index is -1.20. The molecule has 1 aromatic rings. The molecule has 0 radical (unpaired) electrons. The van der Waals surface area contributed by atoms with Crippen molar-refractivity contribution in [3.05, 3.63) is 27.7 Å². The lowest BCUT2D eigenvalue weighted by Crippen LogP contribution is -2.38. The molecule has 0 saturated heterocycles.